The van der Waals surface area contributed by atoms with E-state index in [1.807, 2.05) is 30.3 Å². The molecule has 1 heterocycles. The summed E-state index contributed by atoms with van der Waals surface area (Å²) >= 11 is 0. The van der Waals surface area contributed by atoms with E-state index in [9.17, 15) is 4.79 Å². The van der Waals surface area contributed by atoms with Crippen LogP contribution in [0.25, 0.3) is 0 Å². The third-order valence-electron chi connectivity index (χ3n) is 2.55. The summed E-state index contributed by atoms with van der Waals surface area (Å²) in [5.41, 5.74) is 2.20. The van der Waals surface area contributed by atoms with Crippen LogP contribution in [-0.2, 0) is 13.0 Å². The van der Waals surface area contributed by atoms with Crippen LogP contribution in [0, 0.1) is 0 Å². The molecule has 0 radical (unpaired) electrons. The van der Waals surface area contributed by atoms with E-state index in [1.165, 1.54) is 0 Å². The van der Waals surface area contributed by atoms with Crippen molar-refractivity contribution in [2.75, 3.05) is 0 Å². The Hall–Kier alpha value is -1.77. The van der Waals surface area contributed by atoms with Crippen molar-refractivity contribution in [1.29, 1.82) is 0 Å². The molecule has 3 heteroatoms. The lowest BCUT2D eigenvalue weighted by atomic mass is 10.2. The number of aryl methyl sites for hydroxylation is 1. The van der Waals surface area contributed by atoms with E-state index < -0.39 is 0 Å². The second kappa shape index (κ2) is 4.84. The largest absolute Gasteiger partial charge is 0.299 e. The molecule has 0 spiro atoms. The maximum Gasteiger partial charge on any atom is 0.267 e. The molecule has 1 aromatic carbocycles. The zero-order chi connectivity index (χ0) is 11.4. The first-order valence-corrected chi connectivity index (χ1v) is 5.62. The number of H-pyrrole nitrogens is 1. The van der Waals surface area contributed by atoms with Crippen molar-refractivity contribution in [3.8, 4) is 0 Å². The van der Waals surface area contributed by atoms with Gasteiger partial charge in [0.15, 0.2) is 0 Å². The van der Waals surface area contributed by atoms with Crippen molar-refractivity contribution < 1.29 is 0 Å². The van der Waals surface area contributed by atoms with E-state index in [0.717, 1.165) is 24.1 Å². The van der Waals surface area contributed by atoms with Gasteiger partial charge < -0.3 is 0 Å². The van der Waals surface area contributed by atoms with E-state index in [0.29, 0.717) is 6.54 Å². The lowest BCUT2D eigenvalue weighted by Crippen LogP contribution is -2.16. The van der Waals surface area contributed by atoms with E-state index in [-0.39, 0.29) is 5.56 Å². The first-order chi connectivity index (χ1) is 7.79. The summed E-state index contributed by atoms with van der Waals surface area (Å²) in [6.07, 6.45) is 1.97. The maximum absolute atomic E-state index is 11.7. The number of hydrogen-bond acceptors (Lipinski definition) is 1. The number of aromatic nitrogens is 2. The van der Waals surface area contributed by atoms with Gasteiger partial charge in [-0.1, -0.05) is 43.7 Å². The molecule has 0 aliphatic heterocycles. The van der Waals surface area contributed by atoms with E-state index in [4.69, 9.17) is 0 Å². The Balaban J connectivity index is 2.19. The van der Waals surface area contributed by atoms with Crippen molar-refractivity contribution in [3.05, 3.63) is 58.0 Å². The zero-order valence-electron chi connectivity index (χ0n) is 9.44. The summed E-state index contributed by atoms with van der Waals surface area (Å²) in [6.45, 7) is 2.72. The predicted octanol–water partition coefficient (Wildman–Crippen LogP) is 2.18. The molecule has 1 aromatic heterocycles. The second-order valence-electron chi connectivity index (χ2n) is 3.94. The third-order valence-corrected chi connectivity index (χ3v) is 2.55. The molecule has 0 bridgehead atoms. The molecular weight excluding hydrogens is 200 g/mol. The molecule has 0 saturated heterocycles. The topological polar surface area (TPSA) is 37.8 Å². The van der Waals surface area contributed by atoms with Crippen molar-refractivity contribution in [1.82, 2.24) is 9.78 Å². The quantitative estimate of drug-likeness (QED) is 0.835. The van der Waals surface area contributed by atoms with Gasteiger partial charge in [-0.25, -0.2) is 4.68 Å². The first-order valence-electron chi connectivity index (χ1n) is 5.62. The molecule has 1 N–H and O–H groups in total. The fourth-order valence-corrected chi connectivity index (χ4v) is 1.77. The Morgan fingerprint density at radius 2 is 2.00 bits per heavy atom. The first kappa shape index (κ1) is 10.7. The minimum absolute atomic E-state index is 0.0484. The minimum atomic E-state index is 0.0484. The van der Waals surface area contributed by atoms with Crippen molar-refractivity contribution >= 4 is 0 Å². The van der Waals surface area contributed by atoms with Crippen LogP contribution in [0.3, 0.4) is 0 Å². The van der Waals surface area contributed by atoms with Crippen molar-refractivity contribution in [3.63, 3.8) is 0 Å². The molecule has 2 aromatic rings. The Morgan fingerprint density at radius 3 is 2.69 bits per heavy atom. The molecule has 0 atom stereocenters. The smallest absolute Gasteiger partial charge is 0.267 e. The molecule has 0 fully saturated rings. The highest BCUT2D eigenvalue weighted by molar-refractivity contribution is 5.15. The van der Waals surface area contributed by atoms with Crippen LogP contribution in [0.2, 0.25) is 0 Å². The molecule has 0 saturated carbocycles. The summed E-state index contributed by atoms with van der Waals surface area (Å²) in [4.78, 5) is 11.7. The summed E-state index contributed by atoms with van der Waals surface area (Å²) < 4.78 is 1.65. The van der Waals surface area contributed by atoms with Gasteiger partial charge in [0.1, 0.15) is 0 Å². The fraction of sp³-hybridized carbons (Fsp3) is 0.308. The normalized spacial score (nSPS) is 10.6. The molecule has 3 nitrogen and oxygen atoms in total. The monoisotopic (exact) mass is 216 g/mol. The lowest BCUT2D eigenvalue weighted by molar-refractivity contribution is 0.648. The SMILES string of the molecule is CCCc1cc(=O)n(Cc2ccccc2)[nH]1. The predicted molar refractivity (Wildman–Crippen MR) is 64.6 cm³/mol. The van der Waals surface area contributed by atoms with Crippen LogP contribution in [0.15, 0.2) is 41.2 Å². The van der Waals surface area contributed by atoms with Crippen LogP contribution in [0.1, 0.15) is 24.6 Å². The van der Waals surface area contributed by atoms with Gasteiger partial charge in [0, 0.05) is 11.8 Å². The maximum atomic E-state index is 11.7. The van der Waals surface area contributed by atoms with Gasteiger partial charge in [0.05, 0.1) is 6.54 Å². The van der Waals surface area contributed by atoms with Crippen LogP contribution in [0.5, 0.6) is 0 Å². The molecule has 84 valence electrons. The summed E-state index contributed by atoms with van der Waals surface area (Å²) in [5.74, 6) is 0. The van der Waals surface area contributed by atoms with Gasteiger partial charge in [-0.05, 0) is 12.0 Å². The molecule has 16 heavy (non-hydrogen) atoms. The number of nitrogens with one attached hydrogen (secondary N) is 1. The molecule has 0 aliphatic carbocycles. The molecular formula is C13H16N2O. The van der Waals surface area contributed by atoms with Crippen LogP contribution >= 0.6 is 0 Å². The van der Waals surface area contributed by atoms with Gasteiger partial charge in [-0.2, -0.15) is 0 Å². The van der Waals surface area contributed by atoms with Crippen LogP contribution in [-0.4, -0.2) is 9.78 Å². The van der Waals surface area contributed by atoms with Gasteiger partial charge in [0.2, 0.25) is 0 Å². The zero-order valence-corrected chi connectivity index (χ0v) is 9.44. The highest BCUT2D eigenvalue weighted by atomic mass is 16.1. The van der Waals surface area contributed by atoms with Gasteiger partial charge in [0.25, 0.3) is 5.56 Å². The Bertz CT molecular complexity index is 496. The number of aromatic amines is 1. The van der Waals surface area contributed by atoms with E-state index in [1.54, 1.807) is 10.7 Å². The van der Waals surface area contributed by atoms with Gasteiger partial charge in [-0.3, -0.25) is 9.89 Å². The Morgan fingerprint density at radius 1 is 1.25 bits per heavy atom. The summed E-state index contributed by atoms with van der Waals surface area (Å²) in [5, 5.41) is 3.14. The van der Waals surface area contributed by atoms with E-state index in [2.05, 4.69) is 12.0 Å². The summed E-state index contributed by atoms with van der Waals surface area (Å²) in [7, 11) is 0. The molecule has 0 amide bonds. The molecule has 0 aliphatic rings. The average Bonchev–Trinajstić information content (AvgIpc) is 2.61. The second-order valence-corrected chi connectivity index (χ2v) is 3.94. The third kappa shape index (κ3) is 2.42. The van der Waals surface area contributed by atoms with E-state index >= 15 is 0 Å². The number of benzene rings is 1. The highest BCUT2D eigenvalue weighted by Gasteiger charge is 2.02. The molecule has 0 unspecified atom stereocenters. The number of rotatable bonds is 4. The van der Waals surface area contributed by atoms with Crippen molar-refractivity contribution in [2.24, 2.45) is 0 Å². The average molecular weight is 216 g/mol. The van der Waals surface area contributed by atoms with Crippen LogP contribution < -0.4 is 5.56 Å². The highest BCUT2D eigenvalue weighted by Crippen LogP contribution is 2.01. The Kier molecular flexibility index (Phi) is 3.25. The van der Waals surface area contributed by atoms with Crippen LogP contribution in [0.4, 0.5) is 0 Å². The lowest BCUT2D eigenvalue weighted by Gasteiger charge is -2.01. The van der Waals surface area contributed by atoms with Crippen molar-refractivity contribution in [2.45, 2.75) is 26.3 Å². The minimum Gasteiger partial charge on any atom is -0.299 e. The van der Waals surface area contributed by atoms with Gasteiger partial charge in [-0.15, -0.1) is 0 Å². The fourth-order valence-electron chi connectivity index (χ4n) is 1.77. The number of hydrogen-bond donors (Lipinski definition) is 1. The number of nitrogens with zero attached hydrogens (tertiary/aromatic N) is 1. The van der Waals surface area contributed by atoms with Gasteiger partial charge >= 0.3 is 0 Å². The Labute approximate surface area is 94.7 Å². The summed E-state index contributed by atoms with van der Waals surface area (Å²) in [6, 6.07) is 11.7. The molecule has 2 rings (SSSR count). The standard InChI is InChI=1S/C13H16N2O/c1-2-6-12-9-13(16)15(14-12)10-11-7-4-3-5-8-11/h3-5,7-9,14H,2,6,10H2,1H3.